The first-order valence-electron chi connectivity index (χ1n) is 8.86. The highest BCUT2D eigenvalue weighted by molar-refractivity contribution is 7.29. The predicted octanol–water partition coefficient (Wildman–Crippen LogP) is 4.22. The molecule has 0 atom stereocenters. The number of amides is 1. The topological polar surface area (TPSA) is 71.2 Å². The van der Waals surface area contributed by atoms with Gasteiger partial charge in [-0.15, -0.1) is 11.3 Å². The monoisotopic (exact) mass is 386 g/mol. The Morgan fingerprint density at radius 1 is 1.31 bits per heavy atom. The summed E-state index contributed by atoms with van der Waals surface area (Å²) < 4.78 is 1.06. The minimum Gasteiger partial charge on any atom is -0.338 e. The van der Waals surface area contributed by atoms with Crippen molar-refractivity contribution in [3.8, 4) is 0 Å². The summed E-state index contributed by atoms with van der Waals surface area (Å²) in [5.74, 6) is 0.687. The Hall–Kier alpha value is -1.96. The molecule has 5 nitrogen and oxygen atoms in total. The Labute approximate surface area is 160 Å². The minimum atomic E-state index is 0.129. The highest BCUT2D eigenvalue weighted by Gasteiger charge is 2.24. The molecule has 3 N–H and O–H groups in total. The summed E-state index contributed by atoms with van der Waals surface area (Å²) in [6, 6.07) is 10.1. The van der Waals surface area contributed by atoms with E-state index in [0.29, 0.717) is 5.92 Å². The average molecular weight is 387 g/mol. The number of anilines is 2. The Morgan fingerprint density at radius 2 is 2.08 bits per heavy atom. The van der Waals surface area contributed by atoms with E-state index in [4.69, 9.17) is 5.73 Å². The van der Waals surface area contributed by atoms with Gasteiger partial charge in [-0.25, -0.2) is 4.98 Å². The number of aryl methyl sites for hydroxylation is 1. The van der Waals surface area contributed by atoms with Crippen molar-refractivity contribution in [2.45, 2.75) is 19.8 Å². The second kappa shape index (κ2) is 7.34. The van der Waals surface area contributed by atoms with E-state index in [1.165, 1.54) is 16.9 Å². The number of para-hydroxylation sites is 1. The largest absolute Gasteiger partial charge is 0.338 e. The Kier molecular flexibility index (Phi) is 4.93. The lowest BCUT2D eigenvalue weighted by atomic mass is 9.97. The van der Waals surface area contributed by atoms with Gasteiger partial charge in [-0.2, -0.15) is 0 Å². The van der Waals surface area contributed by atoms with Gasteiger partial charge in [0.2, 0.25) is 0 Å². The summed E-state index contributed by atoms with van der Waals surface area (Å²) in [6.45, 7) is 4.40. The van der Waals surface area contributed by atoms with E-state index in [1.54, 1.807) is 11.3 Å². The normalized spacial score (nSPS) is 15.5. The third-order valence-electron chi connectivity index (χ3n) is 4.92. The van der Waals surface area contributed by atoms with Crippen molar-refractivity contribution < 1.29 is 4.79 Å². The number of benzene rings is 1. The third-order valence-corrected chi connectivity index (χ3v) is 6.99. The van der Waals surface area contributed by atoms with Gasteiger partial charge < -0.3 is 16.0 Å². The molecule has 4 rings (SSSR count). The number of rotatable bonds is 4. The summed E-state index contributed by atoms with van der Waals surface area (Å²) in [4.78, 5) is 21.1. The number of thiophene rings is 1. The number of nitrogens with one attached hydrogen (secondary N) is 1. The van der Waals surface area contributed by atoms with Crippen LogP contribution < -0.4 is 11.1 Å². The van der Waals surface area contributed by atoms with Crippen LogP contribution in [0.3, 0.4) is 0 Å². The number of hydrogen-bond acceptors (Lipinski definition) is 6. The van der Waals surface area contributed by atoms with Crippen LogP contribution in [0.25, 0.3) is 9.53 Å². The number of thiazole rings is 1. The SMILES string of the molecule is Cc1ccccc1Nc1nc2sc(C(=O)N3CCC(CN)CC3)cc2s1. The number of piperidine rings is 1. The van der Waals surface area contributed by atoms with Crippen LogP contribution in [0, 0.1) is 12.8 Å². The molecule has 0 radical (unpaired) electrons. The van der Waals surface area contributed by atoms with Gasteiger partial charge in [-0.3, -0.25) is 4.79 Å². The van der Waals surface area contributed by atoms with Crippen molar-refractivity contribution in [1.29, 1.82) is 0 Å². The quantitative estimate of drug-likeness (QED) is 0.704. The summed E-state index contributed by atoms with van der Waals surface area (Å²) >= 11 is 3.08. The third kappa shape index (κ3) is 3.47. The van der Waals surface area contributed by atoms with Gasteiger partial charge in [0.25, 0.3) is 5.91 Å². The fourth-order valence-corrected chi connectivity index (χ4v) is 5.35. The maximum atomic E-state index is 12.7. The summed E-state index contributed by atoms with van der Waals surface area (Å²) in [5.41, 5.74) is 7.98. The first-order chi connectivity index (χ1) is 12.6. The van der Waals surface area contributed by atoms with Crippen molar-refractivity contribution >= 4 is 48.9 Å². The molecular formula is C19H22N4OS2. The zero-order valence-corrected chi connectivity index (χ0v) is 16.3. The number of nitrogens with two attached hydrogens (primary N) is 1. The molecule has 1 aliphatic rings. The van der Waals surface area contributed by atoms with Gasteiger partial charge in [0, 0.05) is 18.8 Å². The number of carbonyl (C=O) groups excluding carboxylic acids is 1. The van der Waals surface area contributed by atoms with Gasteiger partial charge in [-0.05, 0) is 49.9 Å². The summed E-state index contributed by atoms with van der Waals surface area (Å²) in [5, 5.41) is 4.24. The van der Waals surface area contributed by atoms with Gasteiger partial charge in [-0.1, -0.05) is 29.5 Å². The van der Waals surface area contributed by atoms with E-state index in [0.717, 1.165) is 57.7 Å². The zero-order valence-electron chi connectivity index (χ0n) is 14.7. The van der Waals surface area contributed by atoms with Crippen molar-refractivity contribution in [3.63, 3.8) is 0 Å². The van der Waals surface area contributed by atoms with Gasteiger partial charge >= 0.3 is 0 Å². The Bertz CT molecular complexity index is 893. The van der Waals surface area contributed by atoms with E-state index in [2.05, 4.69) is 23.3 Å². The van der Waals surface area contributed by atoms with Crippen LogP contribution in [0.15, 0.2) is 30.3 Å². The lowest BCUT2D eigenvalue weighted by molar-refractivity contribution is 0.0698. The molecule has 136 valence electrons. The van der Waals surface area contributed by atoms with E-state index in [-0.39, 0.29) is 5.91 Å². The summed E-state index contributed by atoms with van der Waals surface area (Å²) in [6.07, 6.45) is 2.01. The first-order valence-corrected chi connectivity index (χ1v) is 10.5. The second-order valence-corrected chi connectivity index (χ2v) is 8.77. The number of likely N-dealkylation sites (tertiary alicyclic amines) is 1. The summed E-state index contributed by atoms with van der Waals surface area (Å²) in [7, 11) is 0. The lowest BCUT2D eigenvalue weighted by Crippen LogP contribution is -2.39. The molecule has 1 amide bonds. The van der Waals surface area contributed by atoms with Crippen molar-refractivity contribution in [2.75, 3.05) is 25.0 Å². The second-order valence-electron chi connectivity index (χ2n) is 6.71. The molecule has 7 heteroatoms. The minimum absolute atomic E-state index is 0.129. The number of fused-ring (bicyclic) bond motifs is 1. The van der Waals surface area contributed by atoms with Gasteiger partial charge in [0.15, 0.2) is 5.13 Å². The molecular weight excluding hydrogens is 364 g/mol. The van der Waals surface area contributed by atoms with Crippen LogP contribution in [0.4, 0.5) is 10.8 Å². The molecule has 1 aliphatic heterocycles. The maximum Gasteiger partial charge on any atom is 0.264 e. The fourth-order valence-electron chi connectivity index (χ4n) is 3.25. The molecule has 0 saturated carbocycles. The maximum absolute atomic E-state index is 12.7. The van der Waals surface area contributed by atoms with Crippen LogP contribution >= 0.6 is 22.7 Å². The number of hydrogen-bond donors (Lipinski definition) is 2. The number of carbonyl (C=O) groups is 1. The molecule has 1 aromatic carbocycles. The Morgan fingerprint density at radius 3 is 2.77 bits per heavy atom. The smallest absolute Gasteiger partial charge is 0.264 e. The zero-order chi connectivity index (χ0) is 18.1. The number of nitrogens with zero attached hydrogens (tertiary/aromatic N) is 2. The first kappa shape index (κ1) is 17.5. The predicted molar refractivity (Wildman–Crippen MR) is 110 cm³/mol. The van der Waals surface area contributed by atoms with Crippen molar-refractivity contribution in [3.05, 3.63) is 40.8 Å². The fraction of sp³-hybridized carbons (Fsp3) is 0.368. The molecule has 3 heterocycles. The van der Waals surface area contributed by atoms with Crippen molar-refractivity contribution in [2.24, 2.45) is 11.7 Å². The standard InChI is InChI=1S/C19H22N4OS2/c1-12-4-2-3-5-14(12)21-19-22-17-15(26-19)10-16(25-17)18(24)23-8-6-13(11-20)7-9-23/h2-5,10,13H,6-9,11,20H2,1H3,(H,21,22). The van der Waals surface area contributed by atoms with E-state index in [9.17, 15) is 4.79 Å². The Balaban J connectivity index is 1.48. The van der Waals surface area contributed by atoms with E-state index >= 15 is 0 Å². The molecule has 1 saturated heterocycles. The molecule has 0 bridgehead atoms. The van der Waals surface area contributed by atoms with Crippen LogP contribution in [0.5, 0.6) is 0 Å². The van der Waals surface area contributed by atoms with Crippen LogP contribution in [0.1, 0.15) is 28.1 Å². The van der Waals surface area contributed by atoms with Gasteiger partial charge in [0.05, 0.1) is 9.58 Å². The molecule has 0 unspecified atom stereocenters. The van der Waals surface area contributed by atoms with E-state index in [1.807, 2.05) is 29.2 Å². The van der Waals surface area contributed by atoms with E-state index < -0.39 is 0 Å². The molecule has 1 fully saturated rings. The molecule has 3 aromatic rings. The number of aromatic nitrogens is 1. The van der Waals surface area contributed by atoms with Crippen LogP contribution in [-0.2, 0) is 0 Å². The average Bonchev–Trinajstić information content (AvgIpc) is 3.22. The molecule has 26 heavy (non-hydrogen) atoms. The van der Waals surface area contributed by atoms with Crippen LogP contribution in [0.2, 0.25) is 0 Å². The molecule has 0 aliphatic carbocycles. The highest BCUT2D eigenvalue weighted by Crippen LogP contribution is 2.35. The molecule has 2 aromatic heterocycles. The van der Waals surface area contributed by atoms with Crippen LogP contribution in [-0.4, -0.2) is 35.4 Å². The van der Waals surface area contributed by atoms with Crippen molar-refractivity contribution in [1.82, 2.24) is 9.88 Å². The molecule has 0 spiro atoms. The lowest BCUT2D eigenvalue weighted by Gasteiger charge is -2.31. The van der Waals surface area contributed by atoms with Gasteiger partial charge in [0.1, 0.15) is 4.83 Å². The highest BCUT2D eigenvalue weighted by atomic mass is 32.1.